The fourth-order valence-corrected chi connectivity index (χ4v) is 4.97. The highest BCUT2D eigenvalue weighted by Gasteiger charge is 2.60. The van der Waals surface area contributed by atoms with Gasteiger partial charge in [-0.3, -0.25) is 4.79 Å². The van der Waals surface area contributed by atoms with Crippen molar-refractivity contribution in [1.82, 2.24) is 0 Å². The Bertz CT molecular complexity index is 433. The van der Waals surface area contributed by atoms with E-state index in [0.29, 0.717) is 19.3 Å². The molecule has 0 radical (unpaired) electrons. The van der Waals surface area contributed by atoms with Crippen molar-refractivity contribution >= 4 is 5.97 Å². The Kier molecular flexibility index (Phi) is 4.64. The smallest absolute Gasteiger partial charge is 0.303 e. The highest BCUT2D eigenvalue weighted by Crippen LogP contribution is 2.54. The third-order valence-corrected chi connectivity index (χ3v) is 5.87. The molecule has 2 fully saturated rings. The number of aliphatic hydroxyl groups excluding tert-OH is 2. The summed E-state index contributed by atoms with van der Waals surface area (Å²) >= 11 is 0. The second-order valence-corrected chi connectivity index (χ2v) is 8.02. The van der Waals surface area contributed by atoms with Crippen LogP contribution in [0.25, 0.3) is 0 Å². The van der Waals surface area contributed by atoms with E-state index in [0.717, 1.165) is 0 Å². The van der Waals surface area contributed by atoms with Gasteiger partial charge in [-0.25, -0.2) is 0 Å². The molecule has 0 aromatic carbocycles. The third kappa shape index (κ3) is 2.91. The minimum atomic E-state index is -1.01. The average molecular weight is 314 g/mol. The second-order valence-electron chi connectivity index (χ2n) is 8.02. The Morgan fingerprint density at radius 1 is 1.27 bits per heavy atom. The zero-order valence-corrected chi connectivity index (χ0v) is 14.2. The van der Waals surface area contributed by atoms with Crippen molar-refractivity contribution in [3.05, 3.63) is 0 Å². The van der Waals surface area contributed by atoms with Gasteiger partial charge in [-0.2, -0.15) is 0 Å². The molecule has 3 N–H and O–H groups in total. The lowest BCUT2D eigenvalue weighted by Crippen LogP contribution is -2.48. The topological polar surface area (TPSA) is 87.0 Å². The first kappa shape index (κ1) is 17.7. The van der Waals surface area contributed by atoms with Crippen molar-refractivity contribution in [1.29, 1.82) is 0 Å². The van der Waals surface area contributed by atoms with Gasteiger partial charge >= 0.3 is 5.97 Å². The van der Waals surface area contributed by atoms with Gasteiger partial charge in [0.15, 0.2) is 0 Å². The summed E-state index contributed by atoms with van der Waals surface area (Å²) < 4.78 is 5.59. The van der Waals surface area contributed by atoms with Crippen LogP contribution in [0.3, 0.4) is 0 Å². The van der Waals surface area contributed by atoms with Crippen LogP contribution in [0.15, 0.2) is 0 Å². The Balaban J connectivity index is 2.47. The van der Waals surface area contributed by atoms with Crippen LogP contribution in [0.2, 0.25) is 0 Å². The highest BCUT2D eigenvalue weighted by molar-refractivity contribution is 5.66. The molecule has 2 saturated carbocycles. The van der Waals surface area contributed by atoms with Crippen molar-refractivity contribution in [2.75, 3.05) is 0 Å². The van der Waals surface area contributed by atoms with Crippen molar-refractivity contribution in [3.8, 4) is 0 Å². The molecule has 22 heavy (non-hydrogen) atoms. The number of aliphatic hydroxyl groups is 3. The molecule has 0 aromatic heterocycles. The first-order valence-electron chi connectivity index (χ1n) is 8.27. The van der Waals surface area contributed by atoms with E-state index in [2.05, 4.69) is 0 Å². The zero-order valence-electron chi connectivity index (χ0n) is 14.2. The van der Waals surface area contributed by atoms with Crippen molar-refractivity contribution in [3.63, 3.8) is 0 Å². The SMILES string of the molecule is CC(=O)O[C@]1(C)C[C@@H](O)[C@@H](C(C)C)[C@@H](O)[C@H]2[C@H]1CC[C@]2(C)O. The lowest BCUT2D eigenvalue weighted by Gasteiger charge is -2.40. The maximum Gasteiger partial charge on any atom is 0.303 e. The van der Waals surface area contributed by atoms with Crippen LogP contribution in [-0.2, 0) is 9.53 Å². The zero-order chi connectivity index (χ0) is 16.9. The minimum Gasteiger partial charge on any atom is -0.459 e. The van der Waals surface area contributed by atoms with Crippen LogP contribution in [0.4, 0.5) is 0 Å². The highest BCUT2D eigenvalue weighted by atomic mass is 16.6. The van der Waals surface area contributed by atoms with E-state index in [9.17, 15) is 20.1 Å². The Labute approximate surface area is 132 Å². The monoisotopic (exact) mass is 314 g/mol. The normalized spacial score (nSPS) is 48.9. The number of carbonyl (C=O) groups is 1. The predicted octanol–water partition coefficient (Wildman–Crippen LogP) is 1.48. The van der Waals surface area contributed by atoms with Crippen LogP contribution in [-0.4, -0.2) is 44.7 Å². The van der Waals surface area contributed by atoms with Gasteiger partial charge in [0.05, 0.1) is 17.8 Å². The molecule has 7 atom stereocenters. The fraction of sp³-hybridized carbons (Fsp3) is 0.941. The molecule has 5 nitrogen and oxygen atoms in total. The molecule has 0 bridgehead atoms. The molecule has 2 aliphatic carbocycles. The number of fused-ring (bicyclic) bond motifs is 1. The molecule has 0 aromatic rings. The van der Waals surface area contributed by atoms with Crippen molar-refractivity contribution in [2.45, 2.75) is 77.3 Å². The summed E-state index contributed by atoms with van der Waals surface area (Å²) in [6.07, 6.45) is -0.0349. The summed E-state index contributed by atoms with van der Waals surface area (Å²) in [6.45, 7) is 8.85. The van der Waals surface area contributed by atoms with Crippen LogP contribution in [0.5, 0.6) is 0 Å². The van der Waals surface area contributed by atoms with Crippen molar-refractivity contribution < 1.29 is 24.9 Å². The lowest BCUT2D eigenvalue weighted by atomic mass is 9.73. The molecule has 128 valence electrons. The van der Waals surface area contributed by atoms with E-state index in [1.54, 1.807) is 6.92 Å². The van der Waals surface area contributed by atoms with E-state index in [4.69, 9.17) is 4.74 Å². The molecule has 0 unspecified atom stereocenters. The van der Waals surface area contributed by atoms with Gasteiger partial charge in [-0.15, -0.1) is 0 Å². The first-order valence-corrected chi connectivity index (χ1v) is 8.27. The molecule has 2 aliphatic rings. The van der Waals surface area contributed by atoms with Gasteiger partial charge in [0.25, 0.3) is 0 Å². The van der Waals surface area contributed by atoms with E-state index in [1.165, 1.54) is 6.92 Å². The number of rotatable bonds is 2. The minimum absolute atomic E-state index is 0.0710. The summed E-state index contributed by atoms with van der Waals surface area (Å²) in [7, 11) is 0. The van der Waals surface area contributed by atoms with E-state index >= 15 is 0 Å². The Hall–Kier alpha value is -0.650. The molecule has 0 heterocycles. The van der Waals surface area contributed by atoms with Crippen LogP contribution < -0.4 is 0 Å². The summed E-state index contributed by atoms with van der Waals surface area (Å²) in [5.41, 5.74) is -1.87. The Morgan fingerprint density at radius 3 is 2.36 bits per heavy atom. The van der Waals surface area contributed by atoms with E-state index in [-0.39, 0.29) is 17.8 Å². The average Bonchev–Trinajstić information content (AvgIpc) is 2.58. The van der Waals surface area contributed by atoms with Gasteiger partial charge in [0.1, 0.15) is 5.60 Å². The molecule has 0 spiro atoms. The van der Waals surface area contributed by atoms with Gasteiger partial charge in [0, 0.05) is 31.1 Å². The standard InChI is InChI=1S/C17H30O5/c1-9(2)13-12(19)8-17(5,22-10(3)18)11-6-7-16(4,21)14(11)15(13)20/h9,11-15,19-21H,6-8H2,1-5H3/t11-,12-,13-,14-,15-,16+,17-/m1/s1. The number of ether oxygens (including phenoxy) is 1. The van der Waals surface area contributed by atoms with E-state index < -0.39 is 35.3 Å². The summed E-state index contributed by atoms with van der Waals surface area (Å²) in [5, 5.41) is 32.3. The number of carbonyl (C=O) groups excluding carboxylic acids is 1. The van der Waals surface area contributed by atoms with Gasteiger partial charge in [0.2, 0.25) is 0 Å². The molecular formula is C17H30O5. The van der Waals surface area contributed by atoms with Crippen molar-refractivity contribution in [2.24, 2.45) is 23.7 Å². The lowest BCUT2D eigenvalue weighted by molar-refractivity contribution is -0.169. The largest absolute Gasteiger partial charge is 0.459 e. The van der Waals surface area contributed by atoms with Crippen LogP contribution in [0.1, 0.15) is 53.9 Å². The number of hydrogen-bond donors (Lipinski definition) is 3. The van der Waals surface area contributed by atoms with Gasteiger partial charge < -0.3 is 20.1 Å². The first-order chi connectivity index (χ1) is 9.99. The second kappa shape index (κ2) is 5.77. The maximum atomic E-state index is 11.6. The Morgan fingerprint density at radius 2 is 1.86 bits per heavy atom. The van der Waals surface area contributed by atoms with Gasteiger partial charge in [-0.1, -0.05) is 13.8 Å². The molecule has 5 heteroatoms. The fourth-order valence-electron chi connectivity index (χ4n) is 4.97. The molecule has 0 saturated heterocycles. The summed E-state index contributed by atoms with van der Waals surface area (Å²) in [6, 6.07) is 0. The molecular weight excluding hydrogens is 284 g/mol. The predicted molar refractivity (Wildman–Crippen MR) is 82.0 cm³/mol. The molecule has 0 aliphatic heterocycles. The summed E-state index contributed by atoms with van der Waals surface area (Å²) in [4.78, 5) is 11.6. The van der Waals surface area contributed by atoms with Crippen LogP contribution in [0, 0.1) is 23.7 Å². The number of hydrogen-bond acceptors (Lipinski definition) is 5. The molecule has 0 amide bonds. The quantitative estimate of drug-likeness (QED) is 0.672. The van der Waals surface area contributed by atoms with E-state index in [1.807, 2.05) is 20.8 Å². The summed E-state index contributed by atoms with van der Waals surface area (Å²) in [5.74, 6) is -1.21. The number of esters is 1. The van der Waals surface area contributed by atoms with Crippen LogP contribution >= 0.6 is 0 Å². The van der Waals surface area contributed by atoms with Gasteiger partial charge in [-0.05, 0) is 32.6 Å². The maximum absolute atomic E-state index is 11.6. The molecule has 2 rings (SSSR count). The third-order valence-electron chi connectivity index (χ3n) is 5.87.